The van der Waals surface area contributed by atoms with Crippen molar-refractivity contribution in [2.45, 2.75) is 64.0 Å². The number of hydrogen-bond acceptors (Lipinski definition) is 2. The summed E-state index contributed by atoms with van der Waals surface area (Å²) in [7, 11) is 1.76. The van der Waals surface area contributed by atoms with Crippen molar-refractivity contribution in [2.75, 3.05) is 13.7 Å². The van der Waals surface area contributed by atoms with Crippen LogP contribution in [0.4, 0.5) is 0 Å². The highest BCUT2D eigenvalue weighted by Crippen LogP contribution is 2.35. The summed E-state index contributed by atoms with van der Waals surface area (Å²) in [4.78, 5) is 2.78. The highest BCUT2D eigenvalue weighted by molar-refractivity contribution is 5.38. The molecule has 110 valence electrons. The summed E-state index contributed by atoms with van der Waals surface area (Å²) in [6.07, 6.45) is 9.55. The third kappa shape index (κ3) is 2.71. The zero-order chi connectivity index (χ0) is 13.9. The lowest BCUT2D eigenvalue weighted by Gasteiger charge is -2.38. The Labute approximate surface area is 123 Å². The first-order valence-corrected chi connectivity index (χ1v) is 8.22. The number of hydrogen-bond donors (Lipinski definition) is 0. The van der Waals surface area contributed by atoms with Crippen LogP contribution in [-0.4, -0.2) is 24.6 Å². The molecule has 2 heteroatoms. The third-order valence-electron chi connectivity index (χ3n) is 5.20. The molecule has 0 bridgehead atoms. The van der Waals surface area contributed by atoms with Gasteiger partial charge in [0.05, 0.1) is 7.11 Å². The largest absolute Gasteiger partial charge is 0.497 e. The van der Waals surface area contributed by atoms with Crippen molar-refractivity contribution in [3.05, 3.63) is 29.3 Å². The first-order valence-electron chi connectivity index (χ1n) is 8.22. The molecule has 2 nitrogen and oxygen atoms in total. The number of benzene rings is 1. The number of fused-ring (bicyclic) bond motifs is 1. The molecule has 1 unspecified atom stereocenters. The van der Waals surface area contributed by atoms with E-state index in [9.17, 15) is 0 Å². The third-order valence-corrected chi connectivity index (χ3v) is 5.20. The van der Waals surface area contributed by atoms with Crippen LogP contribution in [0.25, 0.3) is 0 Å². The van der Waals surface area contributed by atoms with Crippen molar-refractivity contribution < 1.29 is 4.74 Å². The van der Waals surface area contributed by atoms with Crippen molar-refractivity contribution in [1.29, 1.82) is 0 Å². The maximum absolute atomic E-state index is 5.39. The fourth-order valence-corrected chi connectivity index (χ4v) is 4.07. The number of nitrogens with zero attached hydrogens (tertiary/aromatic N) is 1. The Morgan fingerprint density at radius 1 is 1.10 bits per heavy atom. The Hall–Kier alpha value is -1.02. The average Bonchev–Trinajstić information content (AvgIpc) is 2.67. The van der Waals surface area contributed by atoms with Gasteiger partial charge in [-0.3, -0.25) is 4.90 Å². The van der Waals surface area contributed by atoms with E-state index in [0.29, 0.717) is 6.04 Å². The summed E-state index contributed by atoms with van der Waals surface area (Å²) in [5.41, 5.74) is 3.02. The van der Waals surface area contributed by atoms with Crippen LogP contribution < -0.4 is 4.74 Å². The lowest BCUT2D eigenvalue weighted by Crippen LogP contribution is -2.38. The van der Waals surface area contributed by atoms with E-state index >= 15 is 0 Å². The number of rotatable bonds is 2. The van der Waals surface area contributed by atoms with Crippen LogP contribution in [0.15, 0.2) is 18.2 Å². The minimum absolute atomic E-state index is 0.557. The van der Waals surface area contributed by atoms with Gasteiger partial charge in [-0.15, -0.1) is 0 Å². The van der Waals surface area contributed by atoms with E-state index in [4.69, 9.17) is 4.74 Å². The zero-order valence-electron chi connectivity index (χ0n) is 12.9. The summed E-state index contributed by atoms with van der Waals surface area (Å²) in [6, 6.07) is 8.03. The van der Waals surface area contributed by atoms with Crippen LogP contribution in [-0.2, 0) is 6.42 Å². The van der Waals surface area contributed by atoms with Crippen LogP contribution in [0, 0.1) is 0 Å². The second kappa shape index (κ2) is 6.17. The van der Waals surface area contributed by atoms with Gasteiger partial charge in [0, 0.05) is 12.1 Å². The molecule has 1 aliphatic carbocycles. The Morgan fingerprint density at radius 2 is 1.90 bits per heavy atom. The SMILES string of the molecule is COc1ccc2c(c1)CCCN(C1CCCCC1)C2C. The lowest BCUT2D eigenvalue weighted by molar-refractivity contribution is 0.115. The van der Waals surface area contributed by atoms with Gasteiger partial charge in [0.15, 0.2) is 0 Å². The molecule has 0 N–H and O–H groups in total. The summed E-state index contributed by atoms with van der Waals surface area (Å²) >= 11 is 0. The van der Waals surface area contributed by atoms with E-state index in [1.807, 2.05) is 0 Å². The molecule has 1 heterocycles. The van der Waals surface area contributed by atoms with E-state index in [0.717, 1.165) is 11.8 Å². The fourth-order valence-electron chi connectivity index (χ4n) is 4.07. The second-order valence-corrected chi connectivity index (χ2v) is 6.37. The van der Waals surface area contributed by atoms with Gasteiger partial charge in [0.2, 0.25) is 0 Å². The van der Waals surface area contributed by atoms with Gasteiger partial charge < -0.3 is 4.74 Å². The maximum Gasteiger partial charge on any atom is 0.119 e. The van der Waals surface area contributed by atoms with Crippen LogP contribution in [0.2, 0.25) is 0 Å². The molecule has 1 atom stereocenters. The number of ether oxygens (including phenoxy) is 1. The van der Waals surface area contributed by atoms with Gasteiger partial charge in [0.1, 0.15) is 5.75 Å². The first-order chi connectivity index (χ1) is 9.79. The molecule has 0 amide bonds. The summed E-state index contributed by atoms with van der Waals surface area (Å²) < 4.78 is 5.39. The smallest absolute Gasteiger partial charge is 0.119 e. The molecule has 0 spiro atoms. The fraction of sp³-hybridized carbons (Fsp3) is 0.667. The van der Waals surface area contributed by atoms with Gasteiger partial charge in [-0.1, -0.05) is 25.3 Å². The standard InChI is InChI=1S/C18H27NO/c1-14-18-11-10-17(20-2)13-15(18)7-6-12-19(14)16-8-4-3-5-9-16/h10-11,13-14,16H,3-9,12H2,1-2H3. The molecule has 1 aromatic carbocycles. The van der Waals surface area contributed by atoms with Crippen molar-refractivity contribution in [1.82, 2.24) is 4.90 Å². The average molecular weight is 273 g/mol. The maximum atomic E-state index is 5.39. The molecule has 1 aliphatic heterocycles. The van der Waals surface area contributed by atoms with Crippen molar-refractivity contribution in [3.63, 3.8) is 0 Å². The molecule has 0 radical (unpaired) electrons. The Bertz CT molecular complexity index is 451. The molecular weight excluding hydrogens is 246 g/mol. The van der Waals surface area contributed by atoms with Crippen molar-refractivity contribution in [3.8, 4) is 5.75 Å². The van der Waals surface area contributed by atoms with Crippen LogP contribution >= 0.6 is 0 Å². The molecular formula is C18H27NO. The van der Waals surface area contributed by atoms with E-state index in [2.05, 4.69) is 30.0 Å². The minimum atomic E-state index is 0.557. The Balaban J connectivity index is 1.85. The second-order valence-electron chi connectivity index (χ2n) is 6.37. The van der Waals surface area contributed by atoms with Gasteiger partial charge in [-0.25, -0.2) is 0 Å². The van der Waals surface area contributed by atoms with E-state index in [-0.39, 0.29) is 0 Å². The molecule has 2 aliphatic rings. The molecule has 0 saturated heterocycles. The van der Waals surface area contributed by atoms with E-state index < -0.39 is 0 Å². The number of aryl methyl sites for hydroxylation is 1. The quantitative estimate of drug-likeness (QED) is 0.795. The Morgan fingerprint density at radius 3 is 2.65 bits per heavy atom. The molecule has 1 aromatic rings. The topological polar surface area (TPSA) is 12.5 Å². The van der Waals surface area contributed by atoms with E-state index in [1.165, 1.54) is 62.6 Å². The first kappa shape index (κ1) is 13.9. The minimum Gasteiger partial charge on any atom is -0.497 e. The van der Waals surface area contributed by atoms with Crippen LogP contribution in [0.5, 0.6) is 5.75 Å². The molecule has 1 fully saturated rings. The predicted molar refractivity (Wildman–Crippen MR) is 83.3 cm³/mol. The van der Waals surface area contributed by atoms with Gasteiger partial charge in [0.25, 0.3) is 0 Å². The predicted octanol–water partition coefficient (Wildman–Crippen LogP) is 4.34. The normalized spacial score (nSPS) is 25.0. The van der Waals surface area contributed by atoms with Crippen molar-refractivity contribution >= 4 is 0 Å². The van der Waals surface area contributed by atoms with Crippen LogP contribution in [0.1, 0.15) is 62.6 Å². The monoisotopic (exact) mass is 273 g/mol. The summed E-state index contributed by atoms with van der Waals surface area (Å²) in [5, 5.41) is 0. The van der Waals surface area contributed by atoms with Gasteiger partial charge in [-0.05, 0) is 62.4 Å². The van der Waals surface area contributed by atoms with Gasteiger partial charge in [-0.2, -0.15) is 0 Å². The van der Waals surface area contributed by atoms with E-state index in [1.54, 1.807) is 7.11 Å². The summed E-state index contributed by atoms with van der Waals surface area (Å²) in [6.45, 7) is 3.65. The zero-order valence-corrected chi connectivity index (χ0v) is 12.9. The highest BCUT2D eigenvalue weighted by Gasteiger charge is 2.28. The highest BCUT2D eigenvalue weighted by atomic mass is 16.5. The Kier molecular flexibility index (Phi) is 4.30. The molecule has 3 rings (SSSR count). The number of methoxy groups -OCH3 is 1. The van der Waals surface area contributed by atoms with Crippen LogP contribution in [0.3, 0.4) is 0 Å². The summed E-state index contributed by atoms with van der Waals surface area (Å²) in [5.74, 6) is 1.00. The van der Waals surface area contributed by atoms with Crippen molar-refractivity contribution in [2.24, 2.45) is 0 Å². The molecule has 20 heavy (non-hydrogen) atoms. The van der Waals surface area contributed by atoms with Gasteiger partial charge >= 0.3 is 0 Å². The molecule has 1 saturated carbocycles. The molecule has 0 aromatic heterocycles. The lowest BCUT2D eigenvalue weighted by atomic mass is 9.92.